The lowest BCUT2D eigenvalue weighted by molar-refractivity contribution is -0.129. The fourth-order valence-electron chi connectivity index (χ4n) is 3.57. The highest BCUT2D eigenvalue weighted by atomic mass is 16.2. The third-order valence-electron chi connectivity index (χ3n) is 5.14. The smallest absolute Gasteiger partial charge is 0.225 e. The van der Waals surface area contributed by atoms with E-state index >= 15 is 0 Å². The molecule has 1 fully saturated rings. The molecule has 0 saturated carbocycles. The van der Waals surface area contributed by atoms with Crippen LogP contribution in [0.1, 0.15) is 17.5 Å². The summed E-state index contributed by atoms with van der Waals surface area (Å²) >= 11 is 0. The number of carbonyl (C=O) groups is 2. The predicted octanol–water partition coefficient (Wildman–Crippen LogP) is 1.97. The van der Waals surface area contributed by atoms with Crippen molar-refractivity contribution in [2.24, 2.45) is 5.92 Å². The lowest BCUT2D eigenvalue weighted by Gasteiger charge is -2.17. The standard InChI is InChI=1S/C22H23N5O2/c28-20-14-19(16-26(20)13-9-17-6-2-1-3-7-17)22(29)24-15-18-8-4-10-23-21(18)27-12-5-11-25-27/h1-8,10-12,19H,9,13-16H2,(H,24,29)/t19-/m0/s1. The second-order valence-corrected chi connectivity index (χ2v) is 7.13. The lowest BCUT2D eigenvalue weighted by Crippen LogP contribution is -2.33. The number of likely N-dealkylation sites (tertiary alicyclic amines) is 1. The molecule has 0 aliphatic carbocycles. The van der Waals surface area contributed by atoms with E-state index in [2.05, 4.69) is 27.5 Å². The molecule has 1 aliphatic heterocycles. The molecule has 0 radical (unpaired) electrons. The summed E-state index contributed by atoms with van der Waals surface area (Å²) in [5, 5.41) is 7.17. The molecule has 3 heterocycles. The molecule has 1 aliphatic rings. The third kappa shape index (κ3) is 4.51. The molecule has 1 N–H and O–H groups in total. The van der Waals surface area contributed by atoms with Crippen LogP contribution in [0, 0.1) is 5.92 Å². The number of rotatable bonds is 7. The fourth-order valence-corrected chi connectivity index (χ4v) is 3.57. The summed E-state index contributed by atoms with van der Waals surface area (Å²) in [7, 11) is 0. The number of pyridine rings is 1. The lowest BCUT2D eigenvalue weighted by atomic mass is 10.1. The minimum Gasteiger partial charge on any atom is -0.352 e. The average molecular weight is 389 g/mol. The van der Waals surface area contributed by atoms with E-state index < -0.39 is 0 Å². The van der Waals surface area contributed by atoms with Crippen LogP contribution in [0.5, 0.6) is 0 Å². The van der Waals surface area contributed by atoms with Crippen LogP contribution in [0.25, 0.3) is 5.82 Å². The Morgan fingerprint density at radius 2 is 1.97 bits per heavy atom. The van der Waals surface area contributed by atoms with Crippen LogP contribution in [0.15, 0.2) is 67.1 Å². The Balaban J connectivity index is 1.32. The number of hydrogen-bond acceptors (Lipinski definition) is 4. The Kier molecular flexibility index (Phi) is 5.65. The average Bonchev–Trinajstić information content (AvgIpc) is 3.41. The molecule has 0 unspecified atom stereocenters. The normalized spacial score (nSPS) is 16.2. The van der Waals surface area contributed by atoms with E-state index in [9.17, 15) is 9.59 Å². The maximum Gasteiger partial charge on any atom is 0.225 e. The Morgan fingerprint density at radius 3 is 2.76 bits per heavy atom. The first-order valence-corrected chi connectivity index (χ1v) is 9.74. The van der Waals surface area contributed by atoms with Gasteiger partial charge in [0, 0.05) is 50.2 Å². The number of nitrogens with zero attached hydrogens (tertiary/aromatic N) is 4. The van der Waals surface area contributed by atoms with Crippen LogP contribution in [0.2, 0.25) is 0 Å². The topological polar surface area (TPSA) is 80.1 Å². The number of carbonyl (C=O) groups excluding carboxylic acids is 2. The zero-order valence-corrected chi connectivity index (χ0v) is 16.1. The van der Waals surface area contributed by atoms with Crippen LogP contribution < -0.4 is 5.32 Å². The van der Waals surface area contributed by atoms with Gasteiger partial charge in [0.15, 0.2) is 5.82 Å². The summed E-state index contributed by atoms with van der Waals surface area (Å²) < 4.78 is 1.67. The molecule has 4 rings (SSSR count). The molecule has 7 heteroatoms. The van der Waals surface area contributed by atoms with Crippen LogP contribution in [0.3, 0.4) is 0 Å². The summed E-state index contributed by atoms with van der Waals surface area (Å²) in [6, 6.07) is 15.6. The van der Waals surface area contributed by atoms with Crippen molar-refractivity contribution < 1.29 is 9.59 Å². The molecule has 1 aromatic carbocycles. The van der Waals surface area contributed by atoms with Gasteiger partial charge in [0.1, 0.15) is 0 Å². The van der Waals surface area contributed by atoms with Gasteiger partial charge in [-0.15, -0.1) is 0 Å². The molecule has 2 amide bonds. The van der Waals surface area contributed by atoms with Gasteiger partial charge in [-0.3, -0.25) is 9.59 Å². The molecule has 2 aromatic heterocycles. The Morgan fingerprint density at radius 1 is 1.10 bits per heavy atom. The van der Waals surface area contributed by atoms with E-state index in [-0.39, 0.29) is 24.2 Å². The molecule has 1 saturated heterocycles. The van der Waals surface area contributed by atoms with Gasteiger partial charge >= 0.3 is 0 Å². The van der Waals surface area contributed by atoms with Crippen molar-refractivity contribution in [2.45, 2.75) is 19.4 Å². The van der Waals surface area contributed by atoms with Crippen molar-refractivity contribution in [1.82, 2.24) is 25.0 Å². The number of amides is 2. The van der Waals surface area contributed by atoms with Gasteiger partial charge in [-0.1, -0.05) is 36.4 Å². The first-order valence-electron chi connectivity index (χ1n) is 9.74. The van der Waals surface area contributed by atoms with Gasteiger partial charge in [0.2, 0.25) is 11.8 Å². The molecule has 1 atom stereocenters. The predicted molar refractivity (Wildman–Crippen MR) is 108 cm³/mol. The second-order valence-electron chi connectivity index (χ2n) is 7.13. The number of hydrogen-bond donors (Lipinski definition) is 1. The number of nitrogens with one attached hydrogen (secondary N) is 1. The van der Waals surface area contributed by atoms with Crippen LogP contribution in [0.4, 0.5) is 0 Å². The van der Waals surface area contributed by atoms with Gasteiger partial charge in [0.25, 0.3) is 0 Å². The highest BCUT2D eigenvalue weighted by Gasteiger charge is 2.33. The van der Waals surface area contributed by atoms with Gasteiger partial charge < -0.3 is 10.2 Å². The van der Waals surface area contributed by atoms with Crippen molar-refractivity contribution in [3.63, 3.8) is 0 Å². The van der Waals surface area contributed by atoms with Gasteiger partial charge in [-0.2, -0.15) is 5.10 Å². The molecule has 0 spiro atoms. The summed E-state index contributed by atoms with van der Waals surface area (Å²) in [6.45, 7) is 1.45. The van der Waals surface area contributed by atoms with Gasteiger partial charge in [-0.25, -0.2) is 9.67 Å². The van der Waals surface area contributed by atoms with Crippen molar-refractivity contribution in [2.75, 3.05) is 13.1 Å². The quantitative estimate of drug-likeness (QED) is 0.670. The number of benzene rings is 1. The van der Waals surface area contributed by atoms with E-state index in [4.69, 9.17) is 0 Å². The molecule has 148 valence electrons. The summed E-state index contributed by atoms with van der Waals surface area (Å²) in [6.07, 6.45) is 6.26. The van der Waals surface area contributed by atoms with Crippen molar-refractivity contribution in [1.29, 1.82) is 0 Å². The maximum atomic E-state index is 12.6. The van der Waals surface area contributed by atoms with E-state index in [1.807, 2.05) is 42.6 Å². The van der Waals surface area contributed by atoms with Crippen LogP contribution >= 0.6 is 0 Å². The van der Waals surface area contributed by atoms with Crippen molar-refractivity contribution in [3.05, 3.63) is 78.2 Å². The second kappa shape index (κ2) is 8.68. The Hall–Kier alpha value is -3.48. The zero-order valence-electron chi connectivity index (χ0n) is 16.1. The van der Waals surface area contributed by atoms with Gasteiger partial charge in [-0.05, 0) is 24.1 Å². The maximum absolute atomic E-state index is 12.6. The first kappa shape index (κ1) is 18.9. The SMILES string of the molecule is O=C(NCc1cccnc1-n1cccn1)[C@H]1CC(=O)N(CCc2ccccc2)C1. The molecule has 0 bridgehead atoms. The van der Waals surface area contributed by atoms with Crippen molar-refractivity contribution in [3.8, 4) is 5.82 Å². The van der Waals surface area contributed by atoms with E-state index in [0.29, 0.717) is 25.5 Å². The van der Waals surface area contributed by atoms with Crippen LogP contribution in [-0.4, -0.2) is 44.6 Å². The van der Waals surface area contributed by atoms with E-state index in [0.717, 1.165) is 12.0 Å². The fraction of sp³-hybridized carbons (Fsp3) is 0.273. The highest BCUT2D eigenvalue weighted by Crippen LogP contribution is 2.19. The molecule has 3 aromatic rings. The molecule has 29 heavy (non-hydrogen) atoms. The summed E-state index contributed by atoms with van der Waals surface area (Å²) in [5.74, 6) is 0.309. The minimum absolute atomic E-state index is 0.0414. The first-order chi connectivity index (χ1) is 14.2. The highest BCUT2D eigenvalue weighted by molar-refractivity contribution is 5.89. The Bertz CT molecular complexity index is 972. The summed E-state index contributed by atoms with van der Waals surface area (Å²) in [5.41, 5.74) is 2.06. The van der Waals surface area contributed by atoms with E-state index in [1.165, 1.54) is 5.56 Å². The third-order valence-corrected chi connectivity index (χ3v) is 5.14. The largest absolute Gasteiger partial charge is 0.352 e. The molecular formula is C22H23N5O2. The minimum atomic E-state index is -0.317. The van der Waals surface area contributed by atoms with Gasteiger partial charge in [0.05, 0.1) is 5.92 Å². The zero-order chi connectivity index (χ0) is 20.1. The van der Waals surface area contributed by atoms with Crippen LogP contribution in [-0.2, 0) is 22.6 Å². The van der Waals surface area contributed by atoms with Crippen molar-refractivity contribution >= 4 is 11.8 Å². The Labute approximate surface area is 169 Å². The van der Waals surface area contributed by atoms with E-state index in [1.54, 1.807) is 22.0 Å². The molecule has 7 nitrogen and oxygen atoms in total. The molecular weight excluding hydrogens is 366 g/mol. The monoisotopic (exact) mass is 389 g/mol. The number of aromatic nitrogens is 3. The summed E-state index contributed by atoms with van der Waals surface area (Å²) in [4.78, 5) is 31.1.